The number of nitriles is 1. The average molecular weight is 220 g/mol. The molecule has 0 radical (unpaired) electrons. The van der Waals surface area contributed by atoms with Crippen LogP contribution in [0, 0.1) is 11.3 Å². The fraction of sp³-hybridized carbons (Fsp3) is 0. The largest absolute Gasteiger partial charge is 0.454 e. The number of fused-ring (bicyclic) bond motifs is 2. The maximum atomic E-state index is 8.84. The van der Waals surface area contributed by atoms with Crippen LogP contribution in [0.15, 0.2) is 47.5 Å². The number of rotatable bonds is 0. The second kappa shape index (κ2) is 3.76. The summed E-state index contributed by atoms with van der Waals surface area (Å²) in [5, 5.41) is 8.84. The predicted molar refractivity (Wildman–Crippen MR) is 64.9 cm³/mol. The van der Waals surface area contributed by atoms with E-state index in [1.54, 1.807) is 24.4 Å². The molecule has 0 atom stereocenters. The van der Waals surface area contributed by atoms with Gasteiger partial charge in [0.15, 0.2) is 5.75 Å². The smallest absolute Gasteiger partial charge is 0.153 e. The molecule has 1 aliphatic heterocycles. The van der Waals surface area contributed by atoms with E-state index in [0.717, 1.165) is 11.3 Å². The standard InChI is InChI=1S/C14H8N2O/c15-8-10-5-6-14-12(7-10)16-9-11-3-1-2-4-13(11)17-14/h1-7,9H. The lowest BCUT2D eigenvalue weighted by molar-refractivity contribution is 0.485. The van der Waals surface area contributed by atoms with Crippen LogP contribution < -0.4 is 4.74 Å². The third-order valence-electron chi connectivity index (χ3n) is 2.57. The second-order valence-corrected chi connectivity index (χ2v) is 3.69. The van der Waals surface area contributed by atoms with Crippen LogP contribution in [0.25, 0.3) is 0 Å². The summed E-state index contributed by atoms with van der Waals surface area (Å²) in [6.45, 7) is 0. The molecule has 0 aliphatic carbocycles. The third kappa shape index (κ3) is 1.66. The van der Waals surface area contributed by atoms with Crippen molar-refractivity contribution >= 4 is 11.9 Å². The van der Waals surface area contributed by atoms with Crippen molar-refractivity contribution < 1.29 is 4.74 Å². The Morgan fingerprint density at radius 2 is 1.94 bits per heavy atom. The molecule has 0 fully saturated rings. The van der Waals surface area contributed by atoms with E-state index < -0.39 is 0 Å². The minimum atomic E-state index is 0.579. The zero-order valence-electron chi connectivity index (χ0n) is 8.92. The molecule has 0 spiro atoms. The van der Waals surface area contributed by atoms with E-state index in [9.17, 15) is 0 Å². The molecule has 2 aromatic carbocycles. The summed E-state index contributed by atoms with van der Waals surface area (Å²) in [6.07, 6.45) is 1.75. The van der Waals surface area contributed by atoms with Crippen molar-refractivity contribution in [3.63, 3.8) is 0 Å². The van der Waals surface area contributed by atoms with Gasteiger partial charge in [-0.3, -0.25) is 4.99 Å². The second-order valence-electron chi connectivity index (χ2n) is 3.69. The molecule has 0 unspecified atom stereocenters. The van der Waals surface area contributed by atoms with Gasteiger partial charge in [-0.15, -0.1) is 0 Å². The summed E-state index contributed by atoms with van der Waals surface area (Å²) in [5.41, 5.74) is 2.19. The molecule has 0 amide bonds. The van der Waals surface area contributed by atoms with Crippen LogP contribution in [-0.4, -0.2) is 6.21 Å². The van der Waals surface area contributed by atoms with E-state index in [-0.39, 0.29) is 0 Å². The molecule has 3 rings (SSSR count). The minimum absolute atomic E-state index is 0.579. The Hall–Kier alpha value is -2.60. The third-order valence-corrected chi connectivity index (χ3v) is 2.57. The topological polar surface area (TPSA) is 45.4 Å². The van der Waals surface area contributed by atoms with Crippen LogP contribution in [-0.2, 0) is 0 Å². The van der Waals surface area contributed by atoms with E-state index >= 15 is 0 Å². The van der Waals surface area contributed by atoms with Crippen molar-refractivity contribution in [1.82, 2.24) is 0 Å². The molecule has 0 aromatic heterocycles. The first-order chi connectivity index (χ1) is 8.36. The summed E-state index contributed by atoms with van der Waals surface area (Å²) in [6, 6.07) is 15.0. The number of hydrogen-bond donors (Lipinski definition) is 0. The molecule has 3 nitrogen and oxygen atoms in total. The Morgan fingerprint density at radius 1 is 1.06 bits per heavy atom. The van der Waals surface area contributed by atoms with Crippen LogP contribution in [0.2, 0.25) is 0 Å². The molecule has 0 saturated heterocycles. The minimum Gasteiger partial charge on any atom is -0.454 e. The van der Waals surface area contributed by atoms with Crippen molar-refractivity contribution in [2.75, 3.05) is 0 Å². The number of hydrogen-bond acceptors (Lipinski definition) is 3. The van der Waals surface area contributed by atoms with E-state index in [0.29, 0.717) is 17.0 Å². The molecule has 2 aromatic rings. The van der Waals surface area contributed by atoms with Gasteiger partial charge in [0.05, 0.1) is 11.6 Å². The van der Waals surface area contributed by atoms with Crippen molar-refractivity contribution in [1.29, 1.82) is 5.26 Å². The number of aliphatic imine (C=N–C) groups is 1. The molecule has 0 saturated carbocycles. The summed E-state index contributed by atoms with van der Waals surface area (Å²) in [7, 11) is 0. The highest BCUT2D eigenvalue weighted by molar-refractivity contribution is 5.87. The van der Waals surface area contributed by atoms with Gasteiger partial charge in [0.2, 0.25) is 0 Å². The van der Waals surface area contributed by atoms with Gasteiger partial charge < -0.3 is 4.74 Å². The lowest BCUT2D eigenvalue weighted by atomic mass is 10.2. The first-order valence-electron chi connectivity index (χ1n) is 5.22. The Labute approximate surface area is 98.6 Å². The molecule has 0 N–H and O–H groups in total. The average Bonchev–Trinajstić information content (AvgIpc) is 2.57. The van der Waals surface area contributed by atoms with Gasteiger partial charge in [-0.2, -0.15) is 5.26 Å². The molecule has 0 bridgehead atoms. The quantitative estimate of drug-likeness (QED) is 0.582. The molecular formula is C14H8N2O. The van der Waals surface area contributed by atoms with Gasteiger partial charge in [-0.25, -0.2) is 0 Å². The van der Waals surface area contributed by atoms with Gasteiger partial charge in [0.25, 0.3) is 0 Å². The first kappa shape index (κ1) is 9.61. The summed E-state index contributed by atoms with van der Waals surface area (Å²) in [4.78, 5) is 4.34. The van der Waals surface area contributed by atoms with Crippen molar-refractivity contribution in [2.24, 2.45) is 4.99 Å². The maximum Gasteiger partial charge on any atom is 0.153 e. The molecule has 1 heterocycles. The van der Waals surface area contributed by atoms with Gasteiger partial charge in [-0.1, -0.05) is 12.1 Å². The predicted octanol–water partition coefficient (Wildman–Crippen LogP) is 3.41. The first-order valence-corrected chi connectivity index (χ1v) is 5.22. The Kier molecular flexibility index (Phi) is 2.13. The zero-order chi connectivity index (χ0) is 11.7. The Bertz CT molecular complexity index is 654. The lowest BCUT2D eigenvalue weighted by Crippen LogP contribution is -1.87. The molecular weight excluding hydrogens is 212 g/mol. The van der Waals surface area contributed by atoms with E-state index in [2.05, 4.69) is 11.1 Å². The van der Waals surface area contributed by atoms with Gasteiger partial charge in [0.1, 0.15) is 11.4 Å². The number of benzene rings is 2. The van der Waals surface area contributed by atoms with Gasteiger partial charge in [-0.05, 0) is 30.3 Å². The van der Waals surface area contributed by atoms with Crippen LogP contribution in [0.5, 0.6) is 11.5 Å². The molecule has 3 heteroatoms. The maximum absolute atomic E-state index is 8.84. The zero-order valence-corrected chi connectivity index (χ0v) is 8.92. The van der Waals surface area contributed by atoms with Gasteiger partial charge in [0, 0.05) is 11.8 Å². The Balaban J connectivity index is 2.15. The van der Waals surface area contributed by atoms with Crippen molar-refractivity contribution in [2.45, 2.75) is 0 Å². The highest BCUT2D eigenvalue weighted by Crippen LogP contribution is 2.36. The van der Waals surface area contributed by atoms with E-state index in [1.807, 2.05) is 24.3 Å². The van der Waals surface area contributed by atoms with Crippen molar-refractivity contribution in [3.8, 4) is 17.6 Å². The van der Waals surface area contributed by atoms with E-state index in [4.69, 9.17) is 10.00 Å². The normalized spacial score (nSPS) is 11.7. The molecule has 1 aliphatic rings. The SMILES string of the molecule is N#Cc1ccc2c(c1)N=Cc1ccccc1O2. The Morgan fingerprint density at radius 3 is 2.82 bits per heavy atom. The summed E-state index contributed by atoms with van der Waals surface area (Å²) < 4.78 is 5.77. The van der Waals surface area contributed by atoms with Crippen LogP contribution >= 0.6 is 0 Å². The van der Waals surface area contributed by atoms with Crippen molar-refractivity contribution in [3.05, 3.63) is 53.6 Å². The monoisotopic (exact) mass is 220 g/mol. The van der Waals surface area contributed by atoms with Crippen LogP contribution in [0.4, 0.5) is 5.69 Å². The number of nitrogens with zero attached hydrogens (tertiary/aromatic N) is 2. The number of para-hydroxylation sites is 1. The van der Waals surface area contributed by atoms with Crippen LogP contribution in [0.3, 0.4) is 0 Å². The van der Waals surface area contributed by atoms with Crippen LogP contribution in [0.1, 0.15) is 11.1 Å². The summed E-state index contributed by atoms with van der Waals surface area (Å²) >= 11 is 0. The highest BCUT2D eigenvalue weighted by Gasteiger charge is 2.11. The lowest BCUT2D eigenvalue weighted by Gasteiger charge is -2.07. The van der Waals surface area contributed by atoms with E-state index in [1.165, 1.54) is 0 Å². The molecule has 17 heavy (non-hydrogen) atoms. The summed E-state index contributed by atoms with van der Waals surface area (Å²) in [5.74, 6) is 1.45. The fourth-order valence-electron chi connectivity index (χ4n) is 1.71. The fourth-order valence-corrected chi connectivity index (χ4v) is 1.71. The molecule has 80 valence electrons. The number of ether oxygens (including phenoxy) is 1. The highest BCUT2D eigenvalue weighted by atomic mass is 16.5. The van der Waals surface area contributed by atoms with Gasteiger partial charge >= 0.3 is 0 Å².